The van der Waals surface area contributed by atoms with Crippen molar-refractivity contribution >= 4 is 32.2 Å². The number of aryl methyl sites for hydroxylation is 1. The number of rotatable bonds is 2. The third-order valence-electron chi connectivity index (χ3n) is 3.11. The van der Waals surface area contributed by atoms with Gasteiger partial charge in [0, 0.05) is 17.7 Å². The van der Waals surface area contributed by atoms with E-state index >= 15 is 0 Å². The van der Waals surface area contributed by atoms with Crippen LogP contribution in [0.25, 0.3) is 26.9 Å². The van der Waals surface area contributed by atoms with Crippen molar-refractivity contribution in [2.75, 3.05) is 0 Å². The van der Waals surface area contributed by atoms with E-state index in [0.29, 0.717) is 20.8 Å². The molecule has 9 heteroatoms. The molecule has 4 rings (SSSR count). The van der Waals surface area contributed by atoms with Gasteiger partial charge in [0.25, 0.3) is 0 Å². The number of halogens is 2. The first kappa shape index (κ1) is 13.5. The minimum Gasteiger partial charge on any atom is -0.275 e. The van der Waals surface area contributed by atoms with Crippen LogP contribution in [0, 0.1) is 5.82 Å². The van der Waals surface area contributed by atoms with E-state index < -0.39 is 0 Å². The maximum atomic E-state index is 14.1. The number of aromatic nitrogens is 6. The van der Waals surface area contributed by atoms with Crippen molar-refractivity contribution in [3.8, 4) is 22.0 Å². The van der Waals surface area contributed by atoms with E-state index in [1.165, 1.54) is 17.4 Å². The summed E-state index contributed by atoms with van der Waals surface area (Å²) >= 11 is 4.62. The molecule has 0 aliphatic carbocycles. The third-order valence-corrected chi connectivity index (χ3v) is 4.56. The fourth-order valence-electron chi connectivity index (χ4n) is 2.10. The first-order valence-corrected chi connectivity index (χ1v) is 7.89. The Bertz CT molecular complexity index is 988. The molecule has 0 unspecified atom stereocenters. The molecule has 0 aliphatic rings. The summed E-state index contributed by atoms with van der Waals surface area (Å²) in [6, 6.07) is 4.80. The second-order valence-corrected chi connectivity index (χ2v) is 6.52. The predicted octanol–water partition coefficient (Wildman–Crippen LogP) is 3.15. The van der Waals surface area contributed by atoms with Crippen molar-refractivity contribution < 1.29 is 4.39 Å². The lowest BCUT2D eigenvalue weighted by Crippen LogP contribution is -1.93. The lowest BCUT2D eigenvalue weighted by molar-refractivity contribution is 0.628. The van der Waals surface area contributed by atoms with E-state index in [1.54, 1.807) is 27.5 Å². The van der Waals surface area contributed by atoms with Crippen LogP contribution in [0.4, 0.5) is 4.39 Å². The first-order chi connectivity index (χ1) is 10.6. The smallest absolute Gasteiger partial charge is 0.235 e. The van der Waals surface area contributed by atoms with Crippen LogP contribution in [0.2, 0.25) is 0 Å². The summed E-state index contributed by atoms with van der Waals surface area (Å²) in [5, 5.41) is 17.5. The van der Waals surface area contributed by atoms with Crippen molar-refractivity contribution in [2.24, 2.45) is 7.05 Å². The van der Waals surface area contributed by atoms with Crippen molar-refractivity contribution in [1.82, 2.24) is 29.6 Å². The van der Waals surface area contributed by atoms with Crippen LogP contribution in [-0.2, 0) is 7.05 Å². The number of fused-ring (bicyclic) bond motifs is 1. The molecule has 0 radical (unpaired) electrons. The number of benzene rings is 1. The number of hydrogen-bond acceptors (Lipinski definition) is 5. The van der Waals surface area contributed by atoms with Crippen molar-refractivity contribution in [2.45, 2.75) is 0 Å². The third kappa shape index (κ3) is 2.13. The zero-order chi connectivity index (χ0) is 15.3. The molecule has 110 valence electrons. The van der Waals surface area contributed by atoms with Crippen LogP contribution >= 0.6 is 27.3 Å². The minimum absolute atomic E-state index is 0.360. The van der Waals surface area contributed by atoms with Crippen molar-refractivity contribution in [3.05, 3.63) is 40.9 Å². The highest BCUT2D eigenvalue weighted by Crippen LogP contribution is 2.29. The average Bonchev–Trinajstić information content (AvgIpc) is 3.14. The molecule has 0 fully saturated rings. The SMILES string of the molecule is Cn1cc(-c2nn3c(-c4ccc(Br)cc4F)nnc3s2)cn1. The first-order valence-electron chi connectivity index (χ1n) is 6.28. The molecular formula is C13H8BrFN6S. The molecule has 0 aliphatic heterocycles. The van der Waals surface area contributed by atoms with E-state index in [2.05, 4.69) is 36.3 Å². The van der Waals surface area contributed by atoms with Gasteiger partial charge in [-0.05, 0) is 18.2 Å². The van der Waals surface area contributed by atoms with Crippen LogP contribution in [-0.4, -0.2) is 29.6 Å². The maximum absolute atomic E-state index is 14.1. The Labute approximate surface area is 136 Å². The Balaban J connectivity index is 1.87. The van der Waals surface area contributed by atoms with E-state index in [9.17, 15) is 4.39 Å². The van der Waals surface area contributed by atoms with E-state index in [-0.39, 0.29) is 5.82 Å². The van der Waals surface area contributed by atoms with Gasteiger partial charge in [0.2, 0.25) is 4.96 Å². The van der Waals surface area contributed by atoms with E-state index in [0.717, 1.165) is 10.6 Å². The Morgan fingerprint density at radius 2 is 2.14 bits per heavy atom. The van der Waals surface area contributed by atoms with Gasteiger partial charge in [-0.1, -0.05) is 27.3 Å². The summed E-state index contributed by atoms with van der Waals surface area (Å²) in [6.45, 7) is 0. The Hall–Kier alpha value is -2.13. The zero-order valence-corrected chi connectivity index (χ0v) is 13.6. The number of hydrogen-bond donors (Lipinski definition) is 0. The minimum atomic E-state index is -0.375. The molecule has 4 aromatic rings. The number of nitrogens with zero attached hydrogens (tertiary/aromatic N) is 6. The van der Waals surface area contributed by atoms with Crippen molar-refractivity contribution in [1.29, 1.82) is 0 Å². The molecule has 6 nitrogen and oxygen atoms in total. The molecule has 0 N–H and O–H groups in total. The molecule has 0 saturated heterocycles. The highest BCUT2D eigenvalue weighted by molar-refractivity contribution is 9.10. The van der Waals surface area contributed by atoms with Gasteiger partial charge in [0.15, 0.2) is 10.8 Å². The normalized spacial score (nSPS) is 11.4. The average molecular weight is 379 g/mol. The van der Waals surface area contributed by atoms with Gasteiger partial charge < -0.3 is 0 Å². The largest absolute Gasteiger partial charge is 0.275 e. The van der Waals surface area contributed by atoms with Gasteiger partial charge in [0.1, 0.15) is 5.82 Å². The summed E-state index contributed by atoms with van der Waals surface area (Å²) in [4.78, 5) is 0.608. The summed E-state index contributed by atoms with van der Waals surface area (Å²) in [5.41, 5.74) is 1.25. The van der Waals surface area contributed by atoms with Gasteiger partial charge in [0.05, 0.1) is 17.3 Å². The van der Waals surface area contributed by atoms with Gasteiger partial charge >= 0.3 is 0 Å². The molecule has 22 heavy (non-hydrogen) atoms. The fraction of sp³-hybridized carbons (Fsp3) is 0.0769. The summed E-state index contributed by atoms with van der Waals surface area (Å²) < 4.78 is 18.1. The molecule has 0 amide bonds. The maximum Gasteiger partial charge on any atom is 0.235 e. The molecule has 0 atom stereocenters. The van der Waals surface area contributed by atoms with Crippen LogP contribution in [0.3, 0.4) is 0 Å². The molecule has 1 aromatic carbocycles. The lowest BCUT2D eigenvalue weighted by atomic mass is 10.2. The second-order valence-electron chi connectivity index (χ2n) is 4.65. The van der Waals surface area contributed by atoms with Crippen LogP contribution < -0.4 is 0 Å². The molecule has 3 aromatic heterocycles. The van der Waals surface area contributed by atoms with E-state index in [4.69, 9.17) is 0 Å². The highest BCUT2D eigenvalue weighted by Gasteiger charge is 2.17. The summed E-state index contributed by atoms with van der Waals surface area (Å²) in [5.74, 6) is 0.00555. The summed E-state index contributed by atoms with van der Waals surface area (Å²) in [7, 11) is 1.84. The fourth-order valence-corrected chi connectivity index (χ4v) is 3.25. The Kier molecular flexibility index (Phi) is 3.05. The summed E-state index contributed by atoms with van der Waals surface area (Å²) in [6.07, 6.45) is 3.59. The quantitative estimate of drug-likeness (QED) is 0.537. The van der Waals surface area contributed by atoms with Crippen LogP contribution in [0.1, 0.15) is 0 Å². The Morgan fingerprint density at radius 1 is 1.27 bits per heavy atom. The second kappa shape index (κ2) is 4.96. The van der Waals surface area contributed by atoms with Gasteiger partial charge in [-0.25, -0.2) is 4.39 Å². The standard InChI is InChI=1S/C13H8BrFN6S/c1-20-6-7(5-16-20)12-19-21-11(17-18-13(21)22-12)9-3-2-8(14)4-10(9)15/h2-6H,1H3. The zero-order valence-electron chi connectivity index (χ0n) is 11.2. The molecule has 0 bridgehead atoms. The van der Waals surface area contributed by atoms with Crippen LogP contribution in [0.15, 0.2) is 35.1 Å². The Morgan fingerprint density at radius 3 is 2.86 bits per heavy atom. The highest BCUT2D eigenvalue weighted by atomic mass is 79.9. The van der Waals surface area contributed by atoms with Crippen molar-refractivity contribution in [3.63, 3.8) is 0 Å². The molecule has 0 spiro atoms. The monoisotopic (exact) mass is 378 g/mol. The van der Waals surface area contributed by atoms with Gasteiger partial charge in [-0.15, -0.1) is 10.2 Å². The molecule has 0 saturated carbocycles. The van der Waals surface area contributed by atoms with Gasteiger partial charge in [-0.3, -0.25) is 4.68 Å². The topological polar surface area (TPSA) is 60.9 Å². The van der Waals surface area contributed by atoms with Gasteiger partial charge in [-0.2, -0.15) is 14.7 Å². The van der Waals surface area contributed by atoms with E-state index in [1.807, 2.05) is 13.2 Å². The van der Waals surface area contributed by atoms with Crippen LogP contribution in [0.5, 0.6) is 0 Å². The predicted molar refractivity (Wildman–Crippen MR) is 84.0 cm³/mol. The lowest BCUT2D eigenvalue weighted by Gasteiger charge is -1.99. The molecular weight excluding hydrogens is 371 g/mol. The molecule has 3 heterocycles.